The van der Waals surface area contributed by atoms with Gasteiger partial charge in [0.1, 0.15) is 5.92 Å². The molecule has 0 amide bonds. The first-order valence-corrected chi connectivity index (χ1v) is 5.21. The Bertz CT molecular complexity index is 246. The maximum atomic E-state index is 12.5. The number of nitrogens with zero attached hydrogens (tertiary/aromatic N) is 1. The Morgan fingerprint density at radius 2 is 2.06 bits per heavy atom. The van der Waals surface area contributed by atoms with Gasteiger partial charge in [0.15, 0.2) is 5.84 Å². The van der Waals surface area contributed by atoms with E-state index >= 15 is 0 Å². The molecule has 0 heterocycles. The fourth-order valence-electron chi connectivity index (χ4n) is 1.28. The van der Waals surface area contributed by atoms with Crippen LogP contribution in [0.3, 0.4) is 0 Å². The average molecular weight is 257 g/mol. The Morgan fingerprint density at radius 3 is 2.47 bits per heavy atom. The van der Waals surface area contributed by atoms with Crippen molar-refractivity contribution in [2.24, 2.45) is 16.8 Å². The van der Waals surface area contributed by atoms with E-state index in [4.69, 9.17) is 16.0 Å². The molecule has 0 aromatic carbocycles. The average Bonchev–Trinajstić information content (AvgIpc) is 2.24. The molecule has 0 rings (SSSR count). The van der Waals surface area contributed by atoms with E-state index in [1.165, 1.54) is 0 Å². The molecule has 2 atom stereocenters. The van der Waals surface area contributed by atoms with Gasteiger partial charge in [-0.15, -0.1) is 0 Å². The summed E-state index contributed by atoms with van der Waals surface area (Å²) in [7, 11) is 0. The number of nitrogens with two attached hydrogens (primary N) is 1. The molecule has 102 valence electrons. The smallest absolute Gasteiger partial charge is 0.400 e. The van der Waals surface area contributed by atoms with E-state index in [0.29, 0.717) is 12.8 Å². The summed E-state index contributed by atoms with van der Waals surface area (Å²) in [6.07, 6.45) is -3.49. The molecule has 0 aromatic rings. The second-order valence-electron chi connectivity index (χ2n) is 3.79. The minimum Gasteiger partial charge on any atom is -0.409 e. The van der Waals surface area contributed by atoms with E-state index < -0.39 is 24.5 Å². The van der Waals surface area contributed by atoms with Gasteiger partial charge >= 0.3 is 6.18 Å². The van der Waals surface area contributed by atoms with Crippen LogP contribution in [0, 0.1) is 5.92 Å². The highest BCUT2D eigenvalue weighted by molar-refractivity contribution is 5.83. The number of oxime groups is 1. The summed E-state index contributed by atoms with van der Waals surface area (Å²) >= 11 is 0. The normalized spacial score (nSPS) is 16.9. The summed E-state index contributed by atoms with van der Waals surface area (Å²) in [5.74, 6) is -2.87. The molecule has 5 nitrogen and oxygen atoms in total. The Balaban J connectivity index is 4.28. The lowest BCUT2D eigenvalue weighted by atomic mass is 10.1. The number of alkyl halides is 3. The third kappa shape index (κ3) is 6.32. The minimum atomic E-state index is -4.56. The van der Waals surface area contributed by atoms with Crippen molar-refractivity contribution in [3.05, 3.63) is 0 Å². The van der Waals surface area contributed by atoms with Crippen molar-refractivity contribution in [3.8, 4) is 0 Å². The number of hydrogen-bond acceptors (Lipinski definition) is 4. The van der Waals surface area contributed by atoms with Gasteiger partial charge in [-0.2, -0.15) is 13.2 Å². The summed E-state index contributed by atoms with van der Waals surface area (Å²) in [6.45, 7) is 1.25. The van der Waals surface area contributed by atoms with Gasteiger partial charge in [-0.3, -0.25) is 0 Å². The number of aliphatic hydroxyl groups excluding tert-OH is 1. The second-order valence-corrected chi connectivity index (χ2v) is 3.79. The first-order valence-electron chi connectivity index (χ1n) is 5.21. The van der Waals surface area contributed by atoms with Gasteiger partial charge in [-0.1, -0.05) is 5.16 Å². The molecule has 0 saturated carbocycles. The number of amidine groups is 1. The fourth-order valence-corrected chi connectivity index (χ4v) is 1.28. The van der Waals surface area contributed by atoms with E-state index in [0.717, 1.165) is 0 Å². The van der Waals surface area contributed by atoms with Crippen LogP contribution in [0.5, 0.6) is 0 Å². The van der Waals surface area contributed by atoms with Crippen molar-refractivity contribution < 1.29 is 23.5 Å². The number of halogens is 3. The molecule has 0 aliphatic rings. The maximum Gasteiger partial charge on any atom is 0.400 e. The van der Waals surface area contributed by atoms with E-state index in [2.05, 4.69) is 10.5 Å². The zero-order valence-electron chi connectivity index (χ0n) is 9.54. The van der Waals surface area contributed by atoms with Crippen LogP contribution < -0.4 is 11.1 Å². The highest BCUT2D eigenvalue weighted by Crippen LogP contribution is 2.26. The van der Waals surface area contributed by atoms with Crippen molar-refractivity contribution in [1.82, 2.24) is 5.32 Å². The Labute approximate surface area is 97.5 Å². The first kappa shape index (κ1) is 16.0. The van der Waals surface area contributed by atoms with E-state index in [9.17, 15) is 13.2 Å². The first-order chi connectivity index (χ1) is 7.82. The lowest BCUT2D eigenvalue weighted by molar-refractivity contribution is -0.155. The van der Waals surface area contributed by atoms with Gasteiger partial charge in [-0.05, 0) is 19.8 Å². The largest absolute Gasteiger partial charge is 0.409 e. The zero-order valence-corrected chi connectivity index (χ0v) is 9.54. The highest BCUT2D eigenvalue weighted by Gasteiger charge is 2.42. The number of aliphatic hydroxyl groups is 1. The molecular formula is C9H18F3N3O2. The SMILES string of the molecule is CC(CCCO)NCC(C(N)=NO)C(F)(F)F. The van der Waals surface area contributed by atoms with Crippen molar-refractivity contribution >= 4 is 5.84 Å². The number of nitrogens with one attached hydrogen (secondary N) is 1. The standard InChI is InChI=1S/C9H18F3N3O2/c1-6(3-2-4-16)14-5-7(8(13)15-17)9(10,11)12/h6-7,14,16-17H,2-5H2,1H3,(H2,13,15). The zero-order chi connectivity index (χ0) is 13.5. The predicted molar refractivity (Wildman–Crippen MR) is 56.7 cm³/mol. The molecule has 5 N–H and O–H groups in total. The molecule has 0 aromatic heterocycles. The van der Waals surface area contributed by atoms with Crippen molar-refractivity contribution in [2.45, 2.75) is 32.0 Å². The molecule has 8 heteroatoms. The van der Waals surface area contributed by atoms with E-state index in [1.807, 2.05) is 0 Å². The summed E-state index contributed by atoms with van der Waals surface area (Å²) in [4.78, 5) is 0. The molecule has 2 unspecified atom stereocenters. The summed E-state index contributed by atoms with van der Waals surface area (Å²) in [5.41, 5.74) is 4.99. The molecule has 0 fully saturated rings. The van der Waals surface area contributed by atoms with E-state index in [-0.39, 0.29) is 12.6 Å². The van der Waals surface area contributed by atoms with Crippen LogP contribution in [-0.4, -0.2) is 41.5 Å². The molecule has 0 spiro atoms. The molecule has 0 aliphatic heterocycles. The van der Waals surface area contributed by atoms with Gasteiger partial charge in [0.2, 0.25) is 0 Å². The van der Waals surface area contributed by atoms with Crippen molar-refractivity contribution in [1.29, 1.82) is 0 Å². The summed E-state index contributed by atoms with van der Waals surface area (Å²) < 4.78 is 37.5. The van der Waals surface area contributed by atoms with E-state index in [1.54, 1.807) is 6.92 Å². The van der Waals surface area contributed by atoms with Crippen molar-refractivity contribution in [3.63, 3.8) is 0 Å². The highest BCUT2D eigenvalue weighted by atomic mass is 19.4. The summed E-state index contributed by atoms with van der Waals surface area (Å²) in [5, 5.41) is 21.9. The van der Waals surface area contributed by atoms with Gasteiger partial charge in [0.25, 0.3) is 0 Å². The molecule has 0 aliphatic carbocycles. The van der Waals surface area contributed by atoms with Crippen LogP contribution in [0.1, 0.15) is 19.8 Å². The van der Waals surface area contributed by atoms with Crippen LogP contribution in [-0.2, 0) is 0 Å². The van der Waals surface area contributed by atoms with Gasteiger partial charge < -0.3 is 21.4 Å². The lowest BCUT2D eigenvalue weighted by Gasteiger charge is -2.21. The van der Waals surface area contributed by atoms with Crippen LogP contribution in [0.2, 0.25) is 0 Å². The molecular weight excluding hydrogens is 239 g/mol. The Kier molecular flexibility index (Phi) is 6.89. The molecule has 0 bridgehead atoms. The fraction of sp³-hybridized carbons (Fsp3) is 0.889. The Hall–Kier alpha value is -1.02. The summed E-state index contributed by atoms with van der Waals surface area (Å²) in [6, 6.07) is -0.182. The van der Waals surface area contributed by atoms with Crippen LogP contribution in [0.25, 0.3) is 0 Å². The Morgan fingerprint density at radius 1 is 1.47 bits per heavy atom. The topological polar surface area (TPSA) is 90.9 Å². The monoisotopic (exact) mass is 257 g/mol. The third-order valence-corrected chi connectivity index (χ3v) is 2.33. The maximum absolute atomic E-state index is 12.5. The molecule has 0 radical (unpaired) electrons. The van der Waals surface area contributed by atoms with Gasteiger partial charge in [-0.25, -0.2) is 0 Å². The second kappa shape index (κ2) is 7.33. The number of hydrogen-bond donors (Lipinski definition) is 4. The predicted octanol–water partition coefficient (Wildman–Crippen LogP) is 0.662. The third-order valence-electron chi connectivity index (χ3n) is 2.33. The van der Waals surface area contributed by atoms with Gasteiger partial charge in [0, 0.05) is 19.2 Å². The van der Waals surface area contributed by atoms with Crippen LogP contribution >= 0.6 is 0 Å². The van der Waals surface area contributed by atoms with Crippen molar-refractivity contribution in [2.75, 3.05) is 13.2 Å². The van der Waals surface area contributed by atoms with Gasteiger partial charge in [0.05, 0.1) is 0 Å². The van der Waals surface area contributed by atoms with Crippen LogP contribution in [0.15, 0.2) is 5.16 Å². The number of rotatable bonds is 7. The molecule has 17 heavy (non-hydrogen) atoms. The van der Waals surface area contributed by atoms with Crippen LogP contribution in [0.4, 0.5) is 13.2 Å². The lowest BCUT2D eigenvalue weighted by Crippen LogP contribution is -2.44. The minimum absolute atomic E-state index is 0.00500. The molecule has 0 saturated heterocycles. The quantitative estimate of drug-likeness (QED) is 0.233.